The van der Waals surface area contributed by atoms with Crippen LogP contribution in [0.5, 0.6) is 0 Å². The monoisotopic (exact) mass is 384 g/mol. The summed E-state index contributed by atoms with van der Waals surface area (Å²) in [5, 5.41) is 4.20. The van der Waals surface area contributed by atoms with Gasteiger partial charge in [0.2, 0.25) is 5.91 Å². The van der Waals surface area contributed by atoms with Crippen LogP contribution in [0.3, 0.4) is 0 Å². The maximum atomic E-state index is 12.4. The van der Waals surface area contributed by atoms with E-state index < -0.39 is 21.5 Å². The third kappa shape index (κ3) is 3.65. The third-order valence-corrected chi connectivity index (χ3v) is 7.63. The molecule has 1 aliphatic heterocycles. The fourth-order valence-electron chi connectivity index (χ4n) is 4.03. The second-order valence-corrected chi connectivity index (χ2v) is 9.89. The van der Waals surface area contributed by atoms with Crippen molar-refractivity contribution in [3.8, 4) is 0 Å². The summed E-state index contributed by atoms with van der Waals surface area (Å²) in [5.74, 6) is 0.526. The summed E-state index contributed by atoms with van der Waals surface area (Å²) in [7, 11) is -0.615. The fourth-order valence-corrected chi connectivity index (χ4v) is 5.23. The van der Waals surface area contributed by atoms with Crippen LogP contribution in [0, 0.1) is 5.41 Å². The van der Waals surface area contributed by atoms with Gasteiger partial charge in [-0.25, -0.2) is 0 Å². The maximum Gasteiger partial charge on any atom is 0.281 e. The Labute approximate surface area is 154 Å². The van der Waals surface area contributed by atoms with Crippen molar-refractivity contribution in [2.75, 3.05) is 27.2 Å². The Bertz CT molecular complexity index is 755. The van der Waals surface area contributed by atoms with E-state index in [1.807, 2.05) is 6.07 Å². The van der Waals surface area contributed by atoms with Crippen molar-refractivity contribution in [2.24, 2.45) is 11.1 Å². The average Bonchev–Trinajstić information content (AvgIpc) is 3.24. The number of amides is 1. The predicted octanol–water partition coefficient (Wildman–Crippen LogP) is 1.25. The van der Waals surface area contributed by atoms with Gasteiger partial charge in [-0.05, 0) is 19.3 Å². The summed E-state index contributed by atoms with van der Waals surface area (Å²) in [6.45, 7) is 0.343. The lowest BCUT2D eigenvalue weighted by Crippen LogP contribution is -2.44. The molecule has 0 spiro atoms. The number of carbonyl (C=O) groups excluding carboxylic acids is 1. The molecule has 8 nitrogen and oxygen atoms in total. The topological polar surface area (TPSA) is 110 Å². The zero-order valence-electron chi connectivity index (χ0n) is 15.5. The highest BCUT2D eigenvalue weighted by atomic mass is 32.2. The quantitative estimate of drug-likeness (QED) is 0.794. The molecule has 1 saturated carbocycles. The molecule has 146 valence electrons. The minimum Gasteiger partial charge on any atom is -0.369 e. The molecule has 1 atom stereocenters. The lowest BCUT2D eigenvalue weighted by molar-refractivity contribution is -0.127. The van der Waals surface area contributed by atoms with Crippen molar-refractivity contribution in [2.45, 2.75) is 50.9 Å². The number of nitrogens with two attached hydrogens (primary N) is 1. The summed E-state index contributed by atoms with van der Waals surface area (Å²) in [6.07, 6.45) is 6.56. The minimum absolute atomic E-state index is 0.0717. The summed E-state index contributed by atoms with van der Waals surface area (Å²) in [5.41, 5.74) is 5.66. The minimum atomic E-state index is -3.57. The number of hydrogen-bond donors (Lipinski definition) is 1. The van der Waals surface area contributed by atoms with Crippen LogP contribution in [0.2, 0.25) is 0 Å². The summed E-state index contributed by atoms with van der Waals surface area (Å²) in [6, 6.07) is 1.92. The Morgan fingerprint density at radius 2 is 2.08 bits per heavy atom. The highest BCUT2D eigenvalue weighted by Gasteiger charge is 2.48. The van der Waals surface area contributed by atoms with E-state index in [1.165, 1.54) is 37.7 Å². The molecule has 1 amide bonds. The van der Waals surface area contributed by atoms with Crippen LogP contribution in [-0.4, -0.2) is 55.3 Å². The van der Waals surface area contributed by atoms with E-state index in [2.05, 4.69) is 5.16 Å². The highest BCUT2D eigenvalue weighted by molar-refractivity contribution is 7.86. The summed E-state index contributed by atoms with van der Waals surface area (Å²) < 4.78 is 32.7. The van der Waals surface area contributed by atoms with E-state index in [0.29, 0.717) is 18.1 Å². The third-order valence-electron chi connectivity index (χ3n) is 5.74. The van der Waals surface area contributed by atoms with Gasteiger partial charge < -0.3 is 10.3 Å². The number of nitrogens with zero attached hydrogens (tertiary/aromatic N) is 3. The molecule has 0 bridgehead atoms. The fraction of sp³-hybridized carbons (Fsp3) is 0.765. The van der Waals surface area contributed by atoms with Gasteiger partial charge in [-0.15, -0.1) is 0 Å². The molecule has 1 aromatic heterocycles. The first-order valence-electron chi connectivity index (χ1n) is 9.18. The van der Waals surface area contributed by atoms with E-state index in [1.54, 1.807) is 0 Å². The lowest BCUT2D eigenvalue weighted by Gasteiger charge is -2.26. The van der Waals surface area contributed by atoms with Crippen LogP contribution < -0.4 is 5.73 Å². The van der Waals surface area contributed by atoms with E-state index in [9.17, 15) is 13.2 Å². The molecule has 1 aliphatic carbocycles. The molecular weight excluding hydrogens is 356 g/mol. The molecule has 2 heterocycles. The van der Waals surface area contributed by atoms with Gasteiger partial charge in [0.1, 0.15) is 5.76 Å². The molecule has 2 N–H and O–H groups in total. The van der Waals surface area contributed by atoms with Crippen molar-refractivity contribution in [3.05, 3.63) is 17.5 Å². The number of carbonyl (C=O) groups is 1. The Balaban J connectivity index is 1.76. The predicted molar refractivity (Wildman–Crippen MR) is 96.5 cm³/mol. The largest absolute Gasteiger partial charge is 0.369 e. The van der Waals surface area contributed by atoms with Crippen LogP contribution in [0.4, 0.5) is 0 Å². The molecule has 1 saturated heterocycles. The van der Waals surface area contributed by atoms with Crippen molar-refractivity contribution in [1.82, 2.24) is 13.8 Å². The average molecular weight is 385 g/mol. The van der Waals surface area contributed by atoms with Crippen LogP contribution in [0.1, 0.15) is 55.9 Å². The molecule has 2 fully saturated rings. The molecule has 0 unspecified atom stereocenters. The smallest absolute Gasteiger partial charge is 0.281 e. The number of rotatable bonds is 6. The van der Waals surface area contributed by atoms with Gasteiger partial charge in [0, 0.05) is 45.6 Å². The standard InChI is InChI=1S/C17H28N4O4S/c1-20(2)26(23,24)21-9-8-17(12-21,16(18)22)11-14-10-15(19-25-14)13-6-4-3-5-7-13/h10,13H,3-9,11-12H2,1-2H3,(H2,18,22)/t17-/m1/s1. The molecule has 0 aromatic carbocycles. The van der Waals surface area contributed by atoms with Gasteiger partial charge in [0.15, 0.2) is 0 Å². The van der Waals surface area contributed by atoms with Gasteiger partial charge >= 0.3 is 0 Å². The van der Waals surface area contributed by atoms with Gasteiger partial charge in [0.05, 0.1) is 11.1 Å². The van der Waals surface area contributed by atoms with E-state index in [0.717, 1.165) is 22.8 Å². The molecule has 2 aliphatic rings. The Kier molecular flexibility index (Phi) is 5.41. The van der Waals surface area contributed by atoms with Crippen LogP contribution in [-0.2, 0) is 21.4 Å². The van der Waals surface area contributed by atoms with Crippen LogP contribution in [0.15, 0.2) is 10.6 Å². The SMILES string of the molecule is CN(C)S(=O)(=O)N1CC[C@](Cc2cc(C3CCCCC3)no2)(C(N)=O)C1. The highest BCUT2D eigenvalue weighted by Crippen LogP contribution is 2.37. The van der Waals surface area contributed by atoms with Gasteiger partial charge in [0.25, 0.3) is 10.2 Å². The zero-order chi connectivity index (χ0) is 18.9. The van der Waals surface area contributed by atoms with Crippen LogP contribution >= 0.6 is 0 Å². The normalized spacial score (nSPS) is 25.8. The van der Waals surface area contributed by atoms with E-state index in [-0.39, 0.29) is 19.5 Å². The van der Waals surface area contributed by atoms with Crippen LogP contribution in [0.25, 0.3) is 0 Å². The lowest BCUT2D eigenvalue weighted by atomic mass is 9.81. The van der Waals surface area contributed by atoms with Crippen molar-refractivity contribution < 1.29 is 17.7 Å². The first-order valence-corrected chi connectivity index (χ1v) is 10.6. The maximum absolute atomic E-state index is 12.4. The molecule has 3 rings (SSSR count). The molecule has 1 aromatic rings. The van der Waals surface area contributed by atoms with Crippen molar-refractivity contribution >= 4 is 16.1 Å². The molecule has 9 heteroatoms. The summed E-state index contributed by atoms with van der Waals surface area (Å²) in [4.78, 5) is 12.2. The molecule has 26 heavy (non-hydrogen) atoms. The summed E-state index contributed by atoms with van der Waals surface area (Å²) >= 11 is 0. The Hall–Kier alpha value is -1.45. The number of primary amides is 1. The van der Waals surface area contributed by atoms with Gasteiger partial charge in [-0.1, -0.05) is 24.4 Å². The zero-order valence-corrected chi connectivity index (χ0v) is 16.3. The Morgan fingerprint density at radius 3 is 2.69 bits per heavy atom. The molecule has 0 radical (unpaired) electrons. The first kappa shape index (κ1) is 19.3. The second-order valence-electron chi connectivity index (χ2n) is 7.75. The van der Waals surface area contributed by atoms with E-state index >= 15 is 0 Å². The van der Waals surface area contributed by atoms with Gasteiger partial charge in [-0.3, -0.25) is 4.79 Å². The first-order chi connectivity index (χ1) is 12.2. The Morgan fingerprint density at radius 1 is 1.38 bits per heavy atom. The van der Waals surface area contributed by atoms with Crippen molar-refractivity contribution in [1.29, 1.82) is 0 Å². The van der Waals surface area contributed by atoms with E-state index in [4.69, 9.17) is 10.3 Å². The second kappa shape index (κ2) is 7.28. The number of hydrogen-bond acceptors (Lipinski definition) is 5. The van der Waals surface area contributed by atoms with Gasteiger partial charge in [-0.2, -0.15) is 17.0 Å². The van der Waals surface area contributed by atoms with Crippen molar-refractivity contribution in [3.63, 3.8) is 0 Å². The molecular formula is C17H28N4O4S. The number of aromatic nitrogens is 1.